The van der Waals surface area contributed by atoms with Crippen molar-refractivity contribution in [2.24, 2.45) is 0 Å². The molecule has 0 N–H and O–H groups in total. The van der Waals surface area contributed by atoms with E-state index in [2.05, 4.69) is 20.9 Å². The van der Waals surface area contributed by atoms with Crippen LogP contribution in [0.1, 0.15) is 25.0 Å². The van der Waals surface area contributed by atoms with E-state index in [1.54, 1.807) is 11.1 Å². The average Bonchev–Trinajstić information content (AvgIpc) is 2.30. The molecular weight excluding hydrogens is 268 g/mol. The Morgan fingerprint density at radius 3 is 2.88 bits per heavy atom. The highest BCUT2D eigenvalue weighted by Crippen LogP contribution is 2.04. The summed E-state index contributed by atoms with van der Waals surface area (Å²) in [6.45, 7) is 0.591. The summed E-state index contributed by atoms with van der Waals surface area (Å²) in [6.07, 6.45) is 4.35. The van der Waals surface area contributed by atoms with Gasteiger partial charge in [0.15, 0.2) is 0 Å². The molecule has 4 heteroatoms. The highest BCUT2D eigenvalue weighted by Gasteiger charge is 2.08. The van der Waals surface area contributed by atoms with Crippen molar-refractivity contribution in [2.75, 3.05) is 12.4 Å². The van der Waals surface area contributed by atoms with Crippen molar-refractivity contribution in [1.82, 2.24) is 9.88 Å². The van der Waals surface area contributed by atoms with Crippen molar-refractivity contribution in [3.8, 4) is 0 Å². The third-order valence-corrected chi connectivity index (χ3v) is 2.89. The van der Waals surface area contributed by atoms with Crippen molar-refractivity contribution in [1.29, 1.82) is 0 Å². The number of halogens is 1. The lowest BCUT2D eigenvalue weighted by Crippen LogP contribution is -2.26. The molecule has 0 bridgehead atoms. The topological polar surface area (TPSA) is 33.2 Å². The fourth-order valence-corrected chi connectivity index (χ4v) is 1.78. The number of carbonyl (C=O) groups excluding carboxylic acids is 1. The zero-order valence-corrected chi connectivity index (χ0v) is 11.1. The number of rotatable bonds is 6. The van der Waals surface area contributed by atoms with Gasteiger partial charge < -0.3 is 4.90 Å². The number of amides is 1. The summed E-state index contributed by atoms with van der Waals surface area (Å²) in [6, 6.07) is 5.75. The third-order valence-electron chi connectivity index (χ3n) is 2.33. The van der Waals surface area contributed by atoms with Gasteiger partial charge in [0.25, 0.3) is 0 Å². The van der Waals surface area contributed by atoms with E-state index in [0.29, 0.717) is 13.0 Å². The summed E-state index contributed by atoms with van der Waals surface area (Å²) in [4.78, 5) is 17.6. The lowest BCUT2D eigenvalue weighted by molar-refractivity contribution is -0.130. The molecule has 1 amide bonds. The predicted molar refractivity (Wildman–Crippen MR) is 68.4 cm³/mol. The predicted octanol–water partition coefficient (Wildman–Crippen LogP) is 2.61. The number of carbonyl (C=O) groups is 1. The normalized spacial score (nSPS) is 10.1. The maximum Gasteiger partial charge on any atom is 0.222 e. The van der Waals surface area contributed by atoms with Crippen molar-refractivity contribution in [3.63, 3.8) is 0 Å². The zero-order valence-electron chi connectivity index (χ0n) is 9.53. The standard InChI is InChI=1S/C12H17BrN2O/c1-15(12(16)7-2-4-8-13)10-11-6-3-5-9-14-11/h3,5-6,9H,2,4,7-8,10H2,1H3. The number of unbranched alkanes of at least 4 members (excludes halogenated alkanes) is 1. The van der Waals surface area contributed by atoms with Crippen LogP contribution in [0, 0.1) is 0 Å². The number of hydrogen-bond donors (Lipinski definition) is 0. The largest absolute Gasteiger partial charge is 0.340 e. The summed E-state index contributed by atoms with van der Waals surface area (Å²) >= 11 is 3.36. The third kappa shape index (κ3) is 4.75. The van der Waals surface area contributed by atoms with Crippen molar-refractivity contribution >= 4 is 21.8 Å². The van der Waals surface area contributed by atoms with E-state index < -0.39 is 0 Å². The molecule has 0 saturated heterocycles. The first-order valence-electron chi connectivity index (χ1n) is 5.44. The Morgan fingerprint density at radius 2 is 2.25 bits per heavy atom. The van der Waals surface area contributed by atoms with Gasteiger partial charge >= 0.3 is 0 Å². The van der Waals surface area contributed by atoms with E-state index in [1.165, 1.54) is 0 Å². The van der Waals surface area contributed by atoms with E-state index in [-0.39, 0.29) is 5.91 Å². The molecule has 16 heavy (non-hydrogen) atoms. The van der Waals surface area contributed by atoms with Crippen LogP contribution in [0.25, 0.3) is 0 Å². The molecule has 0 saturated carbocycles. The maximum atomic E-state index is 11.7. The Kier molecular flexibility index (Phi) is 6.08. The SMILES string of the molecule is CN(Cc1ccccn1)C(=O)CCCCBr. The lowest BCUT2D eigenvalue weighted by Gasteiger charge is -2.16. The number of pyridine rings is 1. The molecular formula is C12H17BrN2O. The van der Waals surface area contributed by atoms with Gasteiger partial charge in [-0.3, -0.25) is 9.78 Å². The van der Waals surface area contributed by atoms with Crippen LogP contribution in [-0.2, 0) is 11.3 Å². The molecule has 1 aromatic rings. The minimum Gasteiger partial charge on any atom is -0.340 e. The highest BCUT2D eigenvalue weighted by atomic mass is 79.9. The Hall–Kier alpha value is -0.900. The van der Waals surface area contributed by atoms with Gasteiger partial charge in [0.05, 0.1) is 12.2 Å². The lowest BCUT2D eigenvalue weighted by atomic mass is 10.2. The van der Waals surface area contributed by atoms with Gasteiger partial charge in [-0.15, -0.1) is 0 Å². The van der Waals surface area contributed by atoms with E-state index in [1.807, 2.05) is 25.2 Å². The molecule has 0 radical (unpaired) electrons. The van der Waals surface area contributed by atoms with Crippen molar-refractivity contribution in [2.45, 2.75) is 25.8 Å². The van der Waals surface area contributed by atoms with Crippen LogP contribution in [0.15, 0.2) is 24.4 Å². The minimum atomic E-state index is 0.187. The van der Waals surface area contributed by atoms with E-state index in [0.717, 1.165) is 23.9 Å². The molecule has 0 aliphatic rings. The molecule has 0 aromatic carbocycles. The second kappa shape index (κ2) is 7.39. The molecule has 0 fully saturated rings. The smallest absolute Gasteiger partial charge is 0.222 e. The van der Waals surface area contributed by atoms with Gasteiger partial charge in [-0.25, -0.2) is 0 Å². The van der Waals surface area contributed by atoms with Crippen LogP contribution in [0.3, 0.4) is 0 Å². The Labute approximate surface area is 105 Å². The van der Waals surface area contributed by atoms with Crippen LogP contribution in [0.4, 0.5) is 0 Å². The van der Waals surface area contributed by atoms with Crippen LogP contribution in [-0.4, -0.2) is 28.2 Å². The summed E-state index contributed by atoms with van der Waals surface area (Å²) in [5.41, 5.74) is 0.929. The molecule has 0 aliphatic heterocycles. The van der Waals surface area contributed by atoms with E-state index in [4.69, 9.17) is 0 Å². The van der Waals surface area contributed by atoms with Gasteiger partial charge in [-0.2, -0.15) is 0 Å². The summed E-state index contributed by atoms with van der Waals surface area (Å²) in [5.74, 6) is 0.187. The molecule has 3 nitrogen and oxygen atoms in total. The fraction of sp³-hybridized carbons (Fsp3) is 0.500. The summed E-state index contributed by atoms with van der Waals surface area (Å²) in [5, 5.41) is 0.963. The molecule has 0 atom stereocenters. The van der Waals surface area contributed by atoms with Gasteiger partial charge in [0, 0.05) is 25.0 Å². The minimum absolute atomic E-state index is 0.187. The van der Waals surface area contributed by atoms with Crippen LogP contribution in [0.2, 0.25) is 0 Å². The molecule has 0 unspecified atom stereocenters. The first kappa shape index (κ1) is 13.2. The van der Waals surface area contributed by atoms with Gasteiger partial charge in [-0.1, -0.05) is 22.0 Å². The van der Waals surface area contributed by atoms with Crippen LogP contribution in [0.5, 0.6) is 0 Å². The molecule has 88 valence electrons. The van der Waals surface area contributed by atoms with Gasteiger partial charge in [0.2, 0.25) is 5.91 Å². The zero-order chi connectivity index (χ0) is 11.8. The van der Waals surface area contributed by atoms with Crippen molar-refractivity contribution < 1.29 is 4.79 Å². The van der Waals surface area contributed by atoms with Crippen LogP contribution < -0.4 is 0 Å². The number of alkyl halides is 1. The Bertz CT molecular complexity index is 316. The second-order valence-electron chi connectivity index (χ2n) is 3.72. The molecule has 1 aromatic heterocycles. The first-order valence-corrected chi connectivity index (χ1v) is 6.56. The summed E-state index contributed by atoms with van der Waals surface area (Å²) < 4.78 is 0. The molecule has 1 rings (SSSR count). The average molecular weight is 285 g/mol. The molecule has 0 aliphatic carbocycles. The summed E-state index contributed by atoms with van der Waals surface area (Å²) in [7, 11) is 1.82. The quantitative estimate of drug-likeness (QED) is 0.594. The van der Waals surface area contributed by atoms with Crippen molar-refractivity contribution in [3.05, 3.63) is 30.1 Å². The molecule has 0 spiro atoms. The number of nitrogens with zero attached hydrogens (tertiary/aromatic N) is 2. The number of aromatic nitrogens is 1. The second-order valence-corrected chi connectivity index (χ2v) is 4.51. The Morgan fingerprint density at radius 1 is 1.44 bits per heavy atom. The fourth-order valence-electron chi connectivity index (χ4n) is 1.38. The van der Waals surface area contributed by atoms with E-state index in [9.17, 15) is 4.79 Å². The monoisotopic (exact) mass is 284 g/mol. The number of hydrogen-bond acceptors (Lipinski definition) is 2. The Balaban J connectivity index is 2.34. The molecule has 1 heterocycles. The van der Waals surface area contributed by atoms with E-state index >= 15 is 0 Å². The van der Waals surface area contributed by atoms with Gasteiger partial charge in [0.1, 0.15) is 0 Å². The maximum absolute atomic E-state index is 11.7. The van der Waals surface area contributed by atoms with Crippen LogP contribution >= 0.6 is 15.9 Å². The highest BCUT2D eigenvalue weighted by molar-refractivity contribution is 9.09. The van der Waals surface area contributed by atoms with Gasteiger partial charge in [-0.05, 0) is 25.0 Å². The first-order chi connectivity index (χ1) is 7.74.